The van der Waals surface area contributed by atoms with Gasteiger partial charge >= 0.3 is 0 Å². The number of hydrogen-bond acceptors (Lipinski definition) is 2. The molecule has 2 nitrogen and oxygen atoms in total. The normalized spacial score (nSPS) is 10.1. The standard InChI is InChI=1S/C9H8ClFO2/c1-13-5-6-2-7(4-12)9(11)8(10)3-6/h2-4H,5H2,1H3. The first-order valence-electron chi connectivity index (χ1n) is 3.61. The molecule has 4 heteroatoms. The zero-order chi connectivity index (χ0) is 9.84. The number of methoxy groups -OCH3 is 1. The van der Waals surface area contributed by atoms with Crippen LogP contribution in [0.15, 0.2) is 12.1 Å². The number of halogens is 2. The predicted molar refractivity (Wildman–Crippen MR) is 47.5 cm³/mol. The molecule has 1 aromatic rings. The summed E-state index contributed by atoms with van der Waals surface area (Å²) in [6, 6.07) is 2.85. The third-order valence-corrected chi connectivity index (χ3v) is 1.83. The van der Waals surface area contributed by atoms with E-state index in [0.717, 1.165) is 0 Å². The molecule has 0 radical (unpaired) electrons. The molecule has 0 bridgehead atoms. The van der Waals surface area contributed by atoms with Crippen molar-refractivity contribution in [2.24, 2.45) is 0 Å². The molecular formula is C9H8ClFO2. The van der Waals surface area contributed by atoms with E-state index >= 15 is 0 Å². The maximum Gasteiger partial charge on any atom is 0.153 e. The Morgan fingerprint density at radius 1 is 1.62 bits per heavy atom. The highest BCUT2D eigenvalue weighted by molar-refractivity contribution is 6.31. The molecule has 0 saturated heterocycles. The van der Waals surface area contributed by atoms with Gasteiger partial charge in [-0.1, -0.05) is 11.6 Å². The molecule has 0 unspecified atom stereocenters. The fourth-order valence-corrected chi connectivity index (χ4v) is 1.25. The van der Waals surface area contributed by atoms with Crippen LogP contribution in [0.25, 0.3) is 0 Å². The monoisotopic (exact) mass is 202 g/mol. The maximum atomic E-state index is 13.0. The van der Waals surface area contributed by atoms with E-state index in [-0.39, 0.29) is 10.6 Å². The Morgan fingerprint density at radius 3 is 2.85 bits per heavy atom. The Morgan fingerprint density at radius 2 is 2.31 bits per heavy atom. The van der Waals surface area contributed by atoms with Crippen molar-refractivity contribution in [1.29, 1.82) is 0 Å². The van der Waals surface area contributed by atoms with E-state index in [1.54, 1.807) is 0 Å². The summed E-state index contributed by atoms with van der Waals surface area (Å²) in [5.74, 6) is -0.684. The fourth-order valence-electron chi connectivity index (χ4n) is 1.00. The average molecular weight is 203 g/mol. The van der Waals surface area contributed by atoms with Crippen LogP contribution >= 0.6 is 11.6 Å². The van der Waals surface area contributed by atoms with Gasteiger partial charge in [0.05, 0.1) is 17.2 Å². The zero-order valence-electron chi connectivity index (χ0n) is 7.01. The lowest BCUT2D eigenvalue weighted by atomic mass is 10.1. The van der Waals surface area contributed by atoms with Crippen LogP contribution in [0.4, 0.5) is 4.39 Å². The predicted octanol–water partition coefficient (Wildman–Crippen LogP) is 2.44. The average Bonchev–Trinajstić information content (AvgIpc) is 2.11. The largest absolute Gasteiger partial charge is 0.380 e. The van der Waals surface area contributed by atoms with Crippen molar-refractivity contribution in [1.82, 2.24) is 0 Å². The SMILES string of the molecule is COCc1cc(Cl)c(F)c(C=O)c1. The highest BCUT2D eigenvalue weighted by atomic mass is 35.5. The number of aldehydes is 1. The van der Waals surface area contributed by atoms with Gasteiger partial charge in [0.2, 0.25) is 0 Å². The molecule has 0 heterocycles. The van der Waals surface area contributed by atoms with Crippen LogP contribution in [0.3, 0.4) is 0 Å². The van der Waals surface area contributed by atoms with Gasteiger partial charge < -0.3 is 4.74 Å². The molecule has 1 aromatic carbocycles. The van der Waals surface area contributed by atoms with Gasteiger partial charge in [-0.2, -0.15) is 0 Å². The zero-order valence-corrected chi connectivity index (χ0v) is 7.77. The topological polar surface area (TPSA) is 26.3 Å². The van der Waals surface area contributed by atoms with Crippen LogP contribution in [0, 0.1) is 5.82 Å². The van der Waals surface area contributed by atoms with Crippen LogP contribution in [0.2, 0.25) is 5.02 Å². The van der Waals surface area contributed by atoms with E-state index in [4.69, 9.17) is 16.3 Å². The number of carbonyl (C=O) groups is 1. The first-order chi connectivity index (χ1) is 6.19. The highest BCUT2D eigenvalue weighted by Crippen LogP contribution is 2.20. The van der Waals surface area contributed by atoms with Gasteiger partial charge in [0.1, 0.15) is 0 Å². The van der Waals surface area contributed by atoms with Gasteiger partial charge in [0, 0.05) is 7.11 Å². The van der Waals surface area contributed by atoms with Gasteiger partial charge in [-0.05, 0) is 17.7 Å². The van der Waals surface area contributed by atoms with Crippen molar-refractivity contribution >= 4 is 17.9 Å². The van der Waals surface area contributed by atoms with Gasteiger partial charge in [-0.3, -0.25) is 4.79 Å². The molecule has 0 N–H and O–H groups in total. The molecule has 0 spiro atoms. The van der Waals surface area contributed by atoms with Crippen molar-refractivity contribution in [3.8, 4) is 0 Å². The summed E-state index contributed by atoms with van der Waals surface area (Å²) in [5, 5.41) is -0.0587. The van der Waals surface area contributed by atoms with Crippen LogP contribution in [-0.2, 0) is 11.3 Å². The van der Waals surface area contributed by atoms with Crippen LogP contribution in [0.1, 0.15) is 15.9 Å². The van der Waals surface area contributed by atoms with Gasteiger partial charge in [0.25, 0.3) is 0 Å². The third kappa shape index (κ3) is 2.26. The number of benzene rings is 1. The van der Waals surface area contributed by atoms with Crippen LogP contribution in [-0.4, -0.2) is 13.4 Å². The minimum atomic E-state index is -0.684. The smallest absolute Gasteiger partial charge is 0.153 e. The number of ether oxygens (including phenoxy) is 1. The molecule has 1 rings (SSSR count). The lowest BCUT2D eigenvalue weighted by molar-refractivity contribution is 0.111. The molecule has 0 amide bonds. The Labute approximate surface area is 80.3 Å². The maximum absolute atomic E-state index is 13.0. The van der Waals surface area contributed by atoms with E-state index in [1.807, 2.05) is 0 Å². The van der Waals surface area contributed by atoms with Crippen LogP contribution in [0.5, 0.6) is 0 Å². The Bertz CT molecular complexity index is 326. The first-order valence-corrected chi connectivity index (χ1v) is 3.99. The molecular weight excluding hydrogens is 195 g/mol. The first kappa shape index (κ1) is 10.2. The molecule has 0 aromatic heterocycles. The third-order valence-electron chi connectivity index (χ3n) is 1.55. The van der Waals surface area contributed by atoms with Crippen molar-refractivity contribution in [3.05, 3.63) is 34.1 Å². The summed E-state index contributed by atoms with van der Waals surface area (Å²) in [5.41, 5.74) is 0.635. The Balaban J connectivity index is 3.14. The van der Waals surface area contributed by atoms with Crippen molar-refractivity contribution < 1.29 is 13.9 Å². The van der Waals surface area contributed by atoms with Gasteiger partial charge in [-0.25, -0.2) is 4.39 Å². The minimum Gasteiger partial charge on any atom is -0.380 e. The Hall–Kier alpha value is -0.930. The summed E-state index contributed by atoms with van der Waals surface area (Å²) >= 11 is 5.54. The van der Waals surface area contributed by atoms with E-state index in [2.05, 4.69) is 0 Å². The molecule has 0 aliphatic heterocycles. The lowest BCUT2D eigenvalue weighted by Gasteiger charge is -2.03. The molecule has 0 aliphatic carbocycles. The highest BCUT2D eigenvalue weighted by Gasteiger charge is 2.08. The number of carbonyl (C=O) groups excluding carboxylic acids is 1. The molecule has 0 aliphatic rings. The minimum absolute atomic E-state index is 0.0421. The Kier molecular flexibility index (Phi) is 3.39. The summed E-state index contributed by atoms with van der Waals surface area (Å²) in [6.07, 6.45) is 0.431. The second-order valence-corrected chi connectivity index (χ2v) is 2.94. The summed E-state index contributed by atoms with van der Waals surface area (Å²) in [7, 11) is 1.51. The van der Waals surface area contributed by atoms with E-state index in [1.165, 1.54) is 19.2 Å². The quantitative estimate of drug-likeness (QED) is 0.704. The van der Waals surface area contributed by atoms with Crippen molar-refractivity contribution in [2.75, 3.05) is 7.11 Å². The molecule has 0 saturated carbocycles. The molecule has 0 atom stereocenters. The number of rotatable bonds is 3. The number of hydrogen-bond donors (Lipinski definition) is 0. The fraction of sp³-hybridized carbons (Fsp3) is 0.222. The van der Waals surface area contributed by atoms with Gasteiger partial charge in [-0.15, -0.1) is 0 Å². The van der Waals surface area contributed by atoms with E-state index < -0.39 is 5.82 Å². The van der Waals surface area contributed by atoms with E-state index in [0.29, 0.717) is 18.5 Å². The molecule has 0 fully saturated rings. The lowest BCUT2D eigenvalue weighted by Crippen LogP contribution is -1.94. The van der Waals surface area contributed by atoms with Crippen LogP contribution < -0.4 is 0 Å². The van der Waals surface area contributed by atoms with E-state index in [9.17, 15) is 9.18 Å². The summed E-state index contributed by atoms with van der Waals surface area (Å²) in [6.45, 7) is 0.306. The summed E-state index contributed by atoms with van der Waals surface area (Å²) < 4.78 is 17.8. The molecule has 70 valence electrons. The molecule has 13 heavy (non-hydrogen) atoms. The van der Waals surface area contributed by atoms with Gasteiger partial charge in [0.15, 0.2) is 12.1 Å². The van der Waals surface area contributed by atoms with Crippen molar-refractivity contribution in [2.45, 2.75) is 6.61 Å². The van der Waals surface area contributed by atoms with Crippen molar-refractivity contribution in [3.63, 3.8) is 0 Å². The summed E-state index contributed by atoms with van der Waals surface area (Å²) in [4.78, 5) is 10.4. The second-order valence-electron chi connectivity index (χ2n) is 2.53. The second kappa shape index (κ2) is 4.35.